The fraction of sp³-hybridized carbons (Fsp3) is 0.238. The zero-order valence-corrected chi connectivity index (χ0v) is 19.4. The molecule has 4 rings (SSSR count). The van der Waals surface area contributed by atoms with E-state index in [0.29, 0.717) is 37.2 Å². The summed E-state index contributed by atoms with van der Waals surface area (Å²) in [4.78, 5) is 29.3. The van der Waals surface area contributed by atoms with Gasteiger partial charge >= 0.3 is 5.97 Å². The quantitative estimate of drug-likeness (QED) is 0.509. The van der Waals surface area contributed by atoms with Crippen LogP contribution < -0.4 is 25.4 Å². The fourth-order valence-electron chi connectivity index (χ4n) is 3.37. The number of methoxy groups -OCH3 is 1. The molecule has 2 aliphatic rings. The van der Waals surface area contributed by atoms with Crippen LogP contribution in [0.15, 0.2) is 51.0 Å². The third-order valence-electron chi connectivity index (χ3n) is 4.61. The third kappa shape index (κ3) is 4.05. The molecule has 0 radical (unpaired) electrons. The highest BCUT2D eigenvalue weighted by Gasteiger charge is 2.35. The first-order valence-corrected chi connectivity index (χ1v) is 11.3. The van der Waals surface area contributed by atoms with Gasteiger partial charge in [0.2, 0.25) is 0 Å². The molecule has 0 bridgehead atoms. The number of thioether (sulfide) groups is 1. The average Bonchev–Trinajstić information content (AvgIpc) is 2.73. The SMILES string of the molecule is CCSC1=NN2C(=c3ccccc3=NC2c2cc(OC)c(OC(C)=O)cc2Br)C(=O)N1. The van der Waals surface area contributed by atoms with Gasteiger partial charge in [0.25, 0.3) is 5.91 Å². The smallest absolute Gasteiger partial charge is 0.308 e. The Balaban J connectivity index is 1.92. The molecule has 0 fully saturated rings. The largest absolute Gasteiger partial charge is 0.493 e. The number of carbonyl (C=O) groups excluding carboxylic acids is 2. The van der Waals surface area contributed by atoms with Crippen LogP contribution in [-0.2, 0) is 9.59 Å². The van der Waals surface area contributed by atoms with Gasteiger partial charge in [-0.05, 0) is 24.0 Å². The van der Waals surface area contributed by atoms with Gasteiger partial charge in [0.1, 0.15) is 5.70 Å². The zero-order chi connectivity index (χ0) is 22.1. The van der Waals surface area contributed by atoms with Crippen LogP contribution in [0.4, 0.5) is 0 Å². The third-order valence-corrected chi connectivity index (χ3v) is 6.04. The van der Waals surface area contributed by atoms with Gasteiger partial charge in [0.05, 0.1) is 12.5 Å². The molecule has 2 heterocycles. The lowest BCUT2D eigenvalue weighted by molar-refractivity contribution is -0.132. The summed E-state index contributed by atoms with van der Waals surface area (Å²) in [7, 11) is 1.49. The Morgan fingerprint density at radius 3 is 2.77 bits per heavy atom. The standard InChI is InChI=1S/C21H19BrN4O4S/c1-4-31-21-24-20(28)18-12-7-5-6-8-15(12)23-19(26(18)25-21)13-9-16(29-3)17(10-14(13)22)30-11(2)27/h5-10,19H,4H2,1-3H3,(H,24,25,28). The van der Waals surface area contributed by atoms with Crippen LogP contribution in [-0.4, -0.2) is 34.9 Å². The van der Waals surface area contributed by atoms with Gasteiger partial charge in [-0.25, -0.2) is 5.01 Å². The number of hydrogen-bond acceptors (Lipinski definition) is 8. The van der Waals surface area contributed by atoms with Crippen LogP contribution in [0.1, 0.15) is 25.6 Å². The first-order chi connectivity index (χ1) is 14.9. The summed E-state index contributed by atoms with van der Waals surface area (Å²) in [6.45, 7) is 3.31. The van der Waals surface area contributed by atoms with E-state index >= 15 is 0 Å². The maximum atomic E-state index is 13.0. The highest BCUT2D eigenvalue weighted by molar-refractivity contribution is 9.10. The molecule has 31 heavy (non-hydrogen) atoms. The minimum Gasteiger partial charge on any atom is -0.493 e. The molecule has 2 aromatic rings. The topological polar surface area (TPSA) is 92.6 Å². The number of nitrogens with one attached hydrogen (secondary N) is 1. The Bertz CT molecular complexity index is 1230. The summed E-state index contributed by atoms with van der Waals surface area (Å²) in [5.41, 5.74) is 1.13. The van der Waals surface area contributed by atoms with Gasteiger partial charge in [-0.15, -0.1) is 5.10 Å². The van der Waals surface area contributed by atoms with Gasteiger partial charge in [-0.1, -0.05) is 52.8 Å². The summed E-state index contributed by atoms with van der Waals surface area (Å²) >= 11 is 5.00. The van der Waals surface area contributed by atoms with E-state index in [-0.39, 0.29) is 11.7 Å². The fourth-order valence-corrected chi connectivity index (χ4v) is 4.49. The molecule has 0 saturated carbocycles. The molecular formula is C21H19BrN4O4S. The molecule has 0 aromatic heterocycles. The van der Waals surface area contributed by atoms with Crippen LogP contribution in [0.3, 0.4) is 0 Å². The second kappa shape index (κ2) is 8.72. The summed E-state index contributed by atoms with van der Waals surface area (Å²) in [5.74, 6) is 0.724. The second-order valence-electron chi connectivity index (χ2n) is 6.62. The average molecular weight is 503 g/mol. The maximum absolute atomic E-state index is 13.0. The molecule has 10 heteroatoms. The van der Waals surface area contributed by atoms with Crippen molar-refractivity contribution in [2.45, 2.75) is 20.0 Å². The van der Waals surface area contributed by atoms with Crippen molar-refractivity contribution in [2.24, 2.45) is 10.1 Å². The van der Waals surface area contributed by atoms with Gasteiger partial charge in [-0.2, -0.15) is 0 Å². The van der Waals surface area contributed by atoms with E-state index in [1.54, 1.807) is 17.1 Å². The maximum Gasteiger partial charge on any atom is 0.308 e. The number of ether oxygens (including phenoxy) is 2. The van der Waals surface area contributed by atoms with Crippen molar-refractivity contribution in [3.63, 3.8) is 0 Å². The summed E-state index contributed by atoms with van der Waals surface area (Å²) in [6, 6.07) is 10.8. The summed E-state index contributed by atoms with van der Waals surface area (Å²) < 4.78 is 11.3. The number of nitrogens with zero attached hydrogens (tertiary/aromatic N) is 3. The Labute approximate surface area is 191 Å². The molecule has 8 nitrogen and oxygen atoms in total. The van der Waals surface area contributed by atoms with E-state index < -0.39 is 12.1 Å². The van der Waals surface area contributed by atoms with Crippen molar-refractivity contribution in [1.82, 2.24) is 10.3 Å². The second-order valence-corrected chi connectivity index (χ2v) is 8.73. The van der Waals surface area contributed by atoms with Crippen molar-refractivity contribution in [3.05, 3.63) is 57.0 Å². The van der Waals surface area contributed by atoms with E-state index in [4.69, 9.17) is 14.5 Å². The van der Waals surface area contributed by atoms with Gasteiger partial charge in [0, 0.05) is 22.2 Å². The minimum atomic E-state index is -0.627. The molecule has 1 amide bonds. The van der Waals surface area contributed by atoms with E-state index in [2.05, 4.69) is 26.3 Å². The minimum absolute atomic E-state index is 0.238. The lowest BCUT2D eigenvalue weighted by Gasteiger charge is -2.34. The van der Waals surface area contributed by atoms with E-state index in [9.17, 15) is 9.59 Å². The molecule has 160 valence electrons. The zero-order valence-electron chi connectivity index (χ0n) is 17.0. The predicted octanol–water partition coefficient (Wildman–Crippen LogP) is 2.28. The predicted molar refractivity (Wildman–Crippen MR) is 121 cm³/mol. The lowest BCUT2D eigenvalue weighted by atomic mass is 10.1. The Kier molecular flexibility index (Phi) is 6.01. The molecule has 1 N–H and O–H groups in total. The number of carbonyl (C=O) groups is 2. The first-order valence-electron chi connectivity index (χ1n) is 9.48. The van der Waals surface area contributed by atoms with Crippen LogP contribution in [0.5, 0.6) is 11.5 Å². The number of hydrogen-bond donors (Lipinski definition) is 1. The highest BCUT2D eigenvalue weighted by Crippen LogP contribution is 2.40. The monoisotopic (exact) mass is 502 g/mol. The van der Waals surface area contributed by atoms with E-state index in [0.717, 1.165) is 5.75 Å². The first kappa shape index (κ1) is 21.4. The number of amidine groups is 1. The van der Waals surface area contributed by atoms with Gasteiger partial charge in [-0.3, -0.25) is 19.9 Å². The van der Waals surface area contributed by atoms with Gasteiger partial charge < -0.3 is 9.47 Å². The number of esters is 1. The molecule has 1 atom stereocenters. The molecule has 2 aliphatic heterocycles. The number of rotatable bonds is 4. The summed E-state index contributed by atoms with van der Waals surface area (Å²) in [6.07, 6.45) is -0.627. The molecule has 2 aromatic carbocycles. The number of amides is 1. The molecule has 0 aliphatic carbocycles. The van der Waals surface area contributed by atoms with Crippen LogP contribution in [0.25, 0.3) is 5.70 Å². The van der Waals surface area contributed by atoms with Crippen molar-refractivity contribution in [3.8, 4) is 11.5 Å². The highest BCUT2D eigenvalue weighted by atomic mass is 79.9. The Morgan fingerprint density at radius 1 is 1.29 bits per heavy atom. The molecule has 0 spiro atoms. The van der Waals surface area contributed by atoms with Crippen molar-refractivity contribution >= 4 is 50.4 Å². The number of benzene rings is 2. The lowest BCUT2D eigenvalue weighted by Crippen LogP contribution is -2.50. The van der Waals surface area contributed by atoms with Crippen molar-refractivity contribution in [2.75, 3.05) is 12.9 Å². The number of hydrazone groups is 1. The molecule has 1 unspecified atom stereocenters. The van der Waals surface area contributed by atoms with Crippen LogP contribution in [0, 0.1) is 0 Å². The van der Waals surface area contributed by atoms with Crippen molar-refractivity contribution in [1.29, 1.82) is 0 Å². The van der Waals surface area contributed by atoms with E-state index in [1.165, 1.54) is 25.8 Å². The molecular weight excluding hydrogens is 484 g/mol. The molecule has 0 saturated heterocycles. The van der Waals surface area contributed by atoms with Crippen molar-refractivity contribution < 1.29 is 19.1 Å². The number of halogens is 1. The summed E-state index contributed by atoms with van der Waals surface area (Å²) in [5, 5.41) is 11.1. The van der Waals surface area contributed by atoms with E-state index in [1.807, 2.05) is 31.2 Å². The number of fused-ring (bicyclic) bond motifs is 2. The van der Waals surface area contributed by atoms with Gasteiger partial charge in [0.15, 0.2) is 22.8 Å². The Morgan fingerprint density at radius 2 is 2.06 bits per heavy atom. The van der Waals surface area contributed by atoms with Crippen LogP contribution in [0.2, 0.25) is 0 Å². The normalized spacial score (nSPS) is 17.1. The Hall–Kier alpha value is -2.85. The van der Waals surface area contributed by atoms with Crippen LogP contribution >= 0.6 is 27.7 Å². The number of para-hydroxylation sites is 1.